The van der Waals surface area contributed by atoms with E-state index >= 15 is 0 Å². The van der Waals surface area contributed by atoms with Crippen molar-refractivity contribution in [3.8, 4) is 0 Å². The summed E-state index contributed by atoms with van der Waals surface area (Å²) in [6.07, 6.45) is 5.64. The van der Waals surface area contributed by atoms with Crippen molar-refractivity contribution in [3.05, 3.63) is 24.2 Å². The van der Waals surface area contributed by atoms with Gasteiger partial charge in [0.15, 0.2) is 0 Å². The van der Waals surface area contributed by atoms with E-state index in [0.29, 0.717) is 12.0 Å². The van der Waals surface area contributed by atoms with Gasteiger partial charge >= 0.3 is 0 Å². The van der Waals surface area contributed by atoms with Crippen LogP contribution >= 0.6 is 0 Å². The first-order valence-corrected chi connectivity index (χ1v) is 6.31. The molecule has 0 spiro atoms. The summed E-state index contributed by atoms with van der Waals surface area (Å²) in [5.74, 6) is 1.74. The first-order valence-electron chi connectivity index (χ1n) is 6.31. The fourth-order valence-electron chi connectivity index (χ4n) is 2.84. The number of rotatable bonds is 5. The Balaban J connectivity index is 1.98. The molecule has 1 aromatic rings. The third-order valence-electron chi connectivity index (χ3n) is 3.74. The molecular weight excluding hydrogens is 200 g/mol. The maximum atomic E-state index is 5.84. The lowest BCUT2D eigenvalue weighted by atomic mass is 10.0. The molecule has 0 amide bonds. The van der Waals surface area contributed by atoms with Crippen LogP contribution in [0, 0.1) is 5.92 Å². The van der Waals surface area contributed by atoms with Gasteiger partial charge in [-0.15, -0.1) is 0 Å². The van der Waals surface area contributed by atoms with Gasteiger partial charge in [-0.25, -0.2) is 0 Å². The van der Waals surface area contributed by atoms with Crippen LogP contribution in [0.15, 0.2) is 22.8 Å². The fraction of sp³-hybridized carbons (Fsp3) is 0.692. The molecule has 2 N–H and O–H groups in total. The molecule has 90 valence electrons. The highest BCUT2D eigenvalue weighted by Gasteiger charge is 2.30. The number of hydrogen-bond donors (Lipinski definition) is 1. The number of hydrogen-bond acceptors (Lipinski definition) is 3. The molecule has 3 nitrogen and oxygen atoms in total. The van der Waals surface area contributed by atoms with E-state index in [4.69, 9.17) is 10.2 Å². The van der Waals surface area contributed by atoms with Crippen LogP contribution in [0.2, 0.25) is 0 Å². The molecule has 1 aliphatic rings. The molecule has 1 saturated carbocycles. The number of nitrogens with two attached hydrogens (primary N) is 1. The fourth-order valence-corrected chi connectivity index (χ4v) is 2.84. The van der Waals surface area contributed by atoms with Crippen LogP contribution in [0.4, 0.5) is 0 Å². The van der Waals surface area contributed by atoms with E-state index in [2.05, 4.69) is 17.9 Å². The molecule has 1 fully saturated rings. The average Bonchev–Trinajstić information content (AvgIpc) is 2.96. The predicted octanol–water partition coefficient (Wildman–Crippen LogP) is 2.23. The molecule has 0 saturated heterocycles. The van der Waals surface area contributed by atoms with Crippen molar-refractivity contribution in [3.63, 3.8) is 0 Å². The van der Waals surface area contributed by atoms with Crippen LogP contribution in [-0.2, 0) is 6.54 Å². The summed E-state index contributed by atoms with van der Waals surface area (Å²) in [5, 5.41) is 0. The monoisotopic (exact) mass is 222 g/mol. The van der Waals surface area contributed by atoms with Crippen LogP contribution in [0.3, 0.4) is 0 Å². The average molecular weight is 222 g/mol. The van der Waals surface area contributed by atoms with Crippen molar-refractivity contribution in [1.29, 1.82) is 0 Å². The summed E-state index contributed by atoms with van der Waals surface area (Å²) in [4.78, 5) is 2.50. The maximum Gasteiger partial charge on any atom is 0.117 e. The second kappa shape index (κ2) is 5.51. The minimum absolute atomic E-state index is 0.653. The van der Waals surface area contributed by atoms with E-state index in [-0.39, 0.29) is 0 Å². The normalized spacial score (nSPS) is 25.4. The van der Waals surface area contributed by atoms with Gasteiger partial charge in [0.05, 0.1) is 12.8 Å². The number of nitrogens with zero attached hydrogens (tertiary/aromatic N) is 1. The molecule has 0 radical (unpaired) electrons. The molecule has 1 aromatic heterocycles. The van der Waals surface area contributed by atoms with Crippen LogP contribution in [0.1, 0.15) is 31.9 Å². The van der Waals surface area contributed by atoms with Gasteiger partial charge in [0.1, 0.15) is 5.76 Å². The van der Waals surface area contributed by atoms with Gasteiger partial charge in [0.25, 0.3) is 0 Å². The SMILES string of the molecule is CCN(Cc1ccco1)C1CCCC1CN. The van der Waals surface area contributed by atoms with E-state index in [9.17, 15) is 0 Å². The lowest BCUT2D eigenvalue weighted by Crippen LogP contribution is -2.39. The van der Waals surface area contributed by atoms with Crippen LogP contribution < -0.4 is 5.73 Å². The Morgan fingerprint density at radius 3 is 3.00 bits per heavy atom. The minimum Gasteiger partial charge on any atom is -0.468 e. The lowest BCUT2D eigenvalue weighted by molar-refractivity contribution is 0.151. The Morgan fingerprint density at radius 2 is 2.38 bits per heavy atom. The van der Waals surface area contributed by atoms with E-state index in [1.54, 1.807) is 6.26 Å². The lowest BCUT2D eigenvalue weighted by Gasteiger charge is -2.30. The highest BCUT2D eigenvalue weighted by atomic mass is 16.3. The highest BCUT2D eigenvalue weighted by molar-refractivity contribution is 4.99. The molecule has 0 bridgehead atoms. The minimum atomic E-state index is 0.653. The zero-order valence-corrected chi connectivity index (χ0v) is 10.1. The smallest absolute Gasteiger partial charge is 0.117 e. The molecule has 0 aromatic carbocycles. The Labute approximate surface area is 97.6 Å². The molecule has 1 aliphatic carbocycles. The summed E-state index contributed by atoms with van der Waals surface area (Å²) < 4.78 is 5.42. The van der Waals surface area contributed by atoms with Gasteiger partial charge in [0, 0.05) is 6.04 Å². The summed E-state index contributed by atoms with van der Waals surface area (Å²) in [7, 11) is 0. The molecular formula is C13H22N2O. The quantitative estimate of drug-likeness (QED) is 0.830. The van der Waals surface area contributed by atoms with Crippen molar-refractivity contribution >= 4 is 0 Å². The zero-order chi connectivity index (χ0) is 11.4. The van der Waals surface area contributed by atoms with Crippen molar-refractivity contribution in [2.24, 2.45) is 11.7 Å². The first kappa shape index (κ1) is 11.7. The van der Waals surface area contributed by atoms with Crippen LogP contribution in [-0.4, -0.2) is 24.0 Å². The van der Waals surface area contributed by atoms with E-state index in [1.165, 1.54) is 19.3 Å². The van der Waals surface area contributed by atoms with Gasteiger partial charge in [-0.2, -0.15) is 0 Å². The molecule has 2 unspecified atom stereocenters. The largest absolute Gasteiger partial charge is 0.468 e. The molecule has 2 atom stereocenters. The third-order valence-corrected chi connectivity index (χ3v) is 3.74. The first-order chi connectivity index (χ1) is 7.85. The molecule has 1 heterocycles. The van der Waals surface area contributed by atoms with E-state index < -0.39 is 0 Å². The Morgan fingerprint density at radius 1 is 1.50 bits per heavy atom. The molecule has 16 heavy (non-hydrogen) atoms. The van der Waals surface area contributed by atoms with Crippen molar-refractivity contribution < 1.29 is 4.42 Å². The summed E-state index contributed by atoms with van der Waals surface area (Å²) in [6, 6.07) is 4.66. The highest BCUT2D eigenvalue weighted by Crippen LogP contribution is 2.30. The maximum absolute atomic E-state index is 5.84. The van der Waals surface area contributed by atoms with Crippen LogP contribution in [0.5, 0.6) is 0 Å². The van der Waals surface area contributed by atoms with Crippen molar-refractivity contribution in [2.75, 3.05) is 13.1 Å². The van der Waals surface area contributed by atoms with Gasteiger partial charge < -0.3 is 10.2 Å². The van der Waals surface area contributed by atoms with E-state index in [0.717, 1.165) is 25.4 Å². The van der Waals surface area contributed by atoms with E-state index in [1.807, 2.05) is 6.07 Å². The summed E-state index contributed by atoms with van der Waals surface area (Å²) in [6.45, 7) is 5.03. The molecule has 0 aliphatic heterocycles. The van der Waals surface area contributed by atoms with Gasteiger partial charge in [-0.05, 0) is 44.0 Å². The van der Waals surface area contributed by atoms with Gasteiger partial charge in [-0.1, -0.05) is 13.3 Å². The zero-order valence-electron chi connectivity index (χ0n) is 10.1. The molecule has 3 heteroatoms. The summed E-state index contributed by atoms with van der Waals surface area (Å²) in [5.41, 5.74) is 5.84. The van der Waals surface area contributed by atoms with Gasteiger partial charge in [-0.3, -0.25) is 4.90 Å². The number of furan rings is 1. The third kappa shape index (κ3) is 2.47. The van der Waals surface area contributed by atoms with Crippen molar-refractivity contribution in [1.82, 2.24) is 4.90 Å². The Hall–Kier alpha value is -0.800. The standard InChI is InChI=1S/C13H22N2O/c1-2-15(10-12-6-4-8-16-12)13-7-3-5-11(13)9-14/h4,6,8,11,13H,2-3,5,7,9-10,14H2,1H3. The topological polar surface area (TPSA) is 42.4 Å². The second-order valence-corrected chi connectivity index (χ2v) is 4.64. The summed E-state index contributed by atoms with van der Waals surface area (Å²) >= 11 is 0. The molecule has 2 rings (SSSR count). The predicted molar refractivity (Wildman–Crippen MR) is 65.0 cm³/mol. The van der Waals surface area contributed by atoms with Crippen LogP contribution in [0.25, 0.3) is 0 Å². The second-order valence-electron chi connectivity index (χ2n) is 4.64. The Kier molecular flexibility index (Phi) is 4.02. The Bertz CT molecular complexity index is 297. The van der Waals surface area contributed by atoms with Crippen molar-refractivity contribution in [2.45, 2.75) is 38.8 Å². The van der Waals surface area contributed by atoms with Gasteiger partial charge in [0.2, 0.25) is 0 Å².